The summed E-state index contributed by atoms with van der Waals surface area (Å²) >= 11 is 7.16. The normalized spacial score (nSPS) is 18.8. The van der Waals surface area contributed by atoms with Gasteiger partial charge in [-0.1, -0.05) is 29.8 Å². The number of fused-ring (bicyclic) bond motifs is 1. The predicted molar refractivity (Wildman–Crippen MR) is 108 cm³/mol. The number of alkyl halides is 3. The number of nitrogens with one attached hydrogen (secondary N) is 1. The number of ether oxygens (including phenoxy) is 2. The summed E-state index contributed by atoms with van der Waals surface area (Å²) in [6.45, 7) is 1.79. The van der Waals surface area contributed by atoms with Gasteiger partial charge >= 0.3 is 12.3 Å². The molecule has 0 saturated carbocycles. The van der Waals surface area contributed by atoms with Crippen LogP contribution < -0.4 is 10.1 Å². The molecular weight excluding hydrogens is 443 g/mol. The van der Waals surface area contributed by atoms with Crippen molar-refractivity contribution in [2.24, 2.45) is 0 Å². The minimum Gasteiger partial charge on any atom is -0.466 e. The lowest BCUT2D eigenvalue weighted by Gasteiger charge is -2.23. The molecule has 1 N–H and O–H groups in total. The number of hydrogen-bond acceptors (Lipinski definition) is 5. The van der Waals surface area contributed by atoms with Crippen LogP contribution in [-0.2, 0) is 14.3 Å². The Morgan fingerprint density at radius 1 is 1.20 bits per heavy atom. The highest BCUT2D eigenvalue weighted by molar-refractivity contribution is 8.01. The van der Waals surface area contributed by atoms with E-state index in [2.05, 4.69) is 10.1 Å². The maximum absolute atomic E-state index is 12.9. The standard InChI is InChI=1S/C20H17ClF3NO4S/c1-2-28-17(26)10-16-19(27)25-14-8-7-11(21)9-13(14)18(30-16)12-5-3-4-6-15(12)29-20(22,23)24/h3-9,16,18H,2,10H2,1H3,(H,25,27). The summed E-state index contributed by atoms with van der Waals surface area (Å²) in [5.74, 6) is -1.42. The van der Waals surface area contributed by atoms with Crippen LogP contribution in [0, 0.1) is 0 Å². The van der Waals surface area contributed by atoms with Crippen LogP contribution in [0.5, 0.6) is 5.75 Å². The second-order valence-electron chi connectivity index (χ2n) is 6.32. The van der Waals surface area contributed by atoms with Gasteiger partial charge in [0, 0.05) is 16.3 Å². The summed E-state index contributed by atoms with van der Waals surface area (Å²) in [5.41, 5.74) is 1.11. The van der Waals surface area contributed by atoms with E-state index in [1.807, 2.05) is 0 Å². The third-order valence-corrected chi connectivity index (χ3v) is 5.96. The fraction of sp³-hybridized carbons (Fsp3) is 0.300. The Morgan fingerprint density at radius 2 is 1.93 bits per heavy atom. The van der Waals surface area contributed by atoms with Gasteiger partial charge in [0.2, 0.25) is 5.91 Å². The van der Waals surface area contributed by atoms with E-state index in [9.17, 15) is 22.8 Å². The van der Waals surface area contributed by atoms with Crippen molar-refractivity contribution in [3.8, 4) is 5.75 Å². The average Bonchev–Trinajstić information content (AvgIpc) is 2.78. The minimum absolute atomic E-state index is 0.152. The summed E-state index contributed by atoms with van der Waals surface area (Å²) in [6, 6.07) is 10.4. The molecule has 2 aromatic rings. The van der Waals surface area contributed by atoms with Crippen LogP contribution in [-0.4, -0.2) is 30.1 Å². The maximum atomic E-state index is 12.9. The molecule has 0 saturated heterocycles. The first kappa shape index (κ1) is 22.3. The Kier molecular flexibility index (Phi) is 6.82. The molecule has 0 aliphatic carbocycles. The van der Waals surface area contributed by atoms with Gasteiger partial charge in [0.1, 0.15) is 5.75 Å². The predicted octanol–water partition coefficient (Wildman–Crippen LogP) is 5.34. The number of hydrogen-bond donors (Lipinski definition) is 1. The zero-order valence-electron chi connectivity index (χ0n) is 15.7. The van der Waals surface area contributed by atoms with Crippen LogP contribution >= 0.6 is 23.4 Å². The average molecular weight is 460 g/mol. The molecule has 0 spiro atoms. The van der Waals surface area contributed by atoms with Crippen LogP contribution in [0.25, 0.3) is 0 Å². The van der Waals surface area contributed by atoms with Gasteiger partial charge in [-0.3, -0.25) is 9.59 Å². The SMILES string of the molecule is CCOC(=O)CC1SC(c2ccccc2OC(F)(F)F)c2cc(Cl)ccc2NC1=O. The van der Waals surface area contributed by atoms with E-state index >= 15 is 0 Å². The Labute approximate surface area is 179 Å². The molecule has 2 atom stereocenters. The van der Waals surface area contributed by atoms with Crippen molar-refractivity contribution < 1.29 is 32.2 Å². The van der Waals surface area contributed by atoms with Crippen molar-refractivity contribution in [3.63, 3.8) is 0 Å². The second kappa shape index (κ2) is 9.18. The number of rotatable bonds is 5. The van der Waals surface area contributed by atoms with E-state index < -0.39 is 34.5 Å². The molecule has 0 bridgehead atoms. The first-order chi connectivity index (χ1) is 14.2. The molecule has 2 aromatic carbocycles. The highest BCUT2D eigenvalue weighted by Gasteiger charge is 2.37. The van der Waals surface area contributed by atoms with Crippen molar-refractivity contribution in [2.45, 2.75) is 30.2 Å². The topological polar surface area (TPSA) is 64.6 Å². The number of benzene rings is 2. The van der Waals surface area contributed by atoms with Crippen LogP contribution in [0.1, 0.15) is 29.7 Å². The number of halogens is 4. The number of carbonyl (C=O) groups is 2. The summed E-state index contributed by atoms with van der Waals surface area (Å²) in [5, 5.41) is 1.44. The van der Waals surface area contributed by atoms with Crippen LogP contribution in [0.3, 0.4) is 0 Å². The third-order valence-electron chi connectivity index (χ3n) is 4.23. The number of amides is 1. The summed E-state index contributed by atoms with van der Waals surface area (Å²) in [6.07, 6.45) is -5.12. The van der Waals surface area contributed by atoms with Gasteiger partial charge in [0.05, 0.1) is 23.5 Å². The lowest BCUT2D eigenvalue weighted by molar-refractivity contribution is -0.274. The van der Waals surface area contributed by atoms with Gasteiger partial charge in [-0.15, -0.1) is 24.9 Å². The molecule has 1 aliphatic heterocycles. The summed E-state index contributed by atoms with van der Waals surface area (Å²) in [7, 11) is 0. The van der Waals surface area contributed by atoms with E-state index in [0.717, 1.165) is 11.8 Å². The number of para-hydroxylation sites is 1. The molecule has 5 nitrogen and oxygen atoms in total. The van der Waals surface area contributed by atoms with E-state index in [1.54, 1.807) is 31.2 Å². The first-order valence-electron chi connectivity index (χ1n) is 8.94. The number of carbonyl (C=O) groups excluding carboxylic acids is 2. The highest BCUT2D eigenvalue weighted by atomic mass is 35.5. The Bertz CT molecular complexity index is 954. The van der Waals surface area contributed by atoms with E-state index in [4.69, 9.17) is 16.3 Å². The van der Waals surface area contributed by atoms with Gasteiger partial charge in [-0.05, 0) is 36.8 Å². The van der Waals surface area contributed by atoms with Gasteiger partial charge in [-0.2, -0.15) is 0 Å². The van der Waals surface area contributed by atoms with Gasteiger partial charge in [0.25, 0.3) is 0 Å². The molecule has 0 aromatic heterocycles. The van der Waals surface area contributed by atoms with Crippen molar-refractivity contribution in [3.05, 3.63) is 58.6 Å². The number of anilines is 1. The largest absolute Gasteiger partial charge is 0.573 e. The molecule has 1 aliphatic rings. The molecular formula is C20H17ClF3NO4S. The molecule has 3 rings (SSSR count). The number of esters is 1. The molecule has 160 valence electrons. The molecule has 2 unspecified atom stereocenters. The monoisotopic (exact) mass is 459 g/mol. The lowest BCUT2D eigenvalue weighted by Crippen LogP contribution is -2.27. The fourth-order valence-corrected chi connectivity index (χ4v) is 4.65. The second-order valence-corrected chi connectivity index (χ2v) is 8.07. The van der Waals surface area contributed by atoms with Crippen molar-refractivity contribution in [1.29, 1.82) is 0 Å². The molecule has 1 amide bonds. The molecule has 1 heterocycles. The smallest absolute Gasteiger partial charge is 0.466 e. The van der Waals surface area contributed by atoms with Gasteiger partial charge in [-0.25, -0.2) is 0 Å². The Hall–Kier alpha value is -2.39. The van der Waals surface area contributed by atoms with Crippen molar-refractivity contribution in [1.82, 2.24) is 0 Å². The van der Waals surface area contributed by atoms with Crippen LogP contribution in [0.2, 0.25) is 5.02 Å². The molecule has 0 fully saturated rings. The van der Waals surface area contributed by atoms with E-state index in [-0.39, 0.29) is 18.6 Å². The zero-order valence-corrected chi connectivity index (χ0v) is 17.2. The van der Waals surface area contributed by atoms with E-state index in [0.29, 0.717) is 16.3 Å². The van der Waals surface area contributed by atoms with Crippen LogP contribution in [0.15, 0.2) is 42.5 Å². The lowest BCUT2D eigenvalue weighted by atomic mass is 10.0. The first-order valence-corrected chi connectivity index (χ1v) is 10.3. The van der Waals surface area contributed by atoms with Crippen molar-refractivity contribution >= 4 is 40.9 Å². The summed E-state index contributed by atoms with van der Waals surface area (Å²) < 4.78 is 48.0. The van der Waals surface area contributed by atoms with Gasteiger partial charge in [0.15, 0.2) is 0 Å². The number of thioether (sulfide) groups is 1. The minimum atomic E-state index is -4.89. The Morgan fingerprint density at radius 3 is 2.63 bits per heavy atom. The fourth-order valence-electron chi connectivity index (χ4n) is 3.04. The van der Waals surface area contributed by atoms with Crippen LogP contribution in [0.4, 0.5) is 18.9 Å². The Balaban J connectivity index is 2.07. The third kappa shape index (κ3) is 5.40. The molecule has 10 heteroatoms. The summed E-state index contributed by atoms with van der Waals surface area (Å²) in [4.78, 5) is 24.7. The quantitative estimate of drug-likeness (QED) is 0.612. The highest BCUT2D eigenvalue weighted by Crippen LogP contribution is 2.48. The van der Waals surface area contributed by atoms with E-state index in [1.165, 1.54) is 18.2 Å². The molecule has 30 heavy (non-hydrogen) atoms. The maximum Gasteiger partial charge on any atom is 0.573 e. The zero-order chi connectivity index (χ0) is 21.9. The van der Waals surface area contributed by atoms with Crippen molar-refractivity contribution in [2.75, 3.05) is 11.9 Å². The van der Waals surface area contributed by atoms with Gasteiger partial charge < -0.3 is 14.8 Å². The molecule has 0 radical (unpaired) electrons.